The summed E-state index contributed by atoms with van der Waals surface area (Å²) in [6, 6.07) is 0. The molecule has 88 valence electrons. The average molecular weight is 298 g/mol. The van der Waals surface area contributed by atoms with E-state index in [-0.39, 0.29) is 22.4 Å². The number of hydrogen-bond acceptors (Lipinski definition) is 5. The summed E-state index contributed by atoms with van der Waals surface area (Å²) in [5.74, 6) is -1.44. The van der Waals surface area contributed by atoms with Crippen LogP contribution in [0, 0.1) is 0 Å². The first-order valence-electron chi connectivity index (χ1n) is 4.00. The summed E-state index contributed by atoms with van der Waals surface area (Å²) in [5, 5.41) is 20.8. The molecule has 0 aromatic rings. The smallest absolute Gasteiger partial charge is 0.547 e. The minimum atomic E-state index is -1.44. The maximum absolute atomic E-state index is 9.34. The normalized spacial score (nSPS) is 10.9. The number of carboxylic acid groups (broad SMARTS) is 1. The number of oxime groups is 1. The van der Waals surface area contributed by atoms with E-state index in [1.165, 1.54) is 0 Å². The third-order valence-corrected chi connectivity index (χ3v) is 0.939. The Bertz CT molecular complexity index is 150. The molecule has 14 heavy (non-hydrogen) atoms. The first-order chi connectivity index (χ1) is 6.06. The van der Waals surface area contributed by atoms with Crippen molar-refractivity contribution in [1.29, 1.82) is 0 Å². The topological polar surface area (TPSA) is 82.0 Å². The zero-order chi connectivity index (χ0) is 10.7. The molecule has 0 aromatic heterocycles. The average Bonchev–Trinajstić information content (AvgIpc) is 2.06. The van der Waals surface area contributed by atoms with Gasteiger partial charge in [-0.05, 0) is 13.3 Å². The molecule has 0 fully saturated rings. The summed E-state index contributed by atoms with van der Waals surface area (Å²) in [6.45, 7) is 3.23. The summed E-state index contributed by atoms with van der Waals surface area (Å²) in [7, 11) is 1.55. The number of nitrogens with zero attached hydrogens (tertiary/aromatic N) is 1. The van der Waals surface area contributed by atoms with Gasteiger partial charge in [0.05, 0.1) is 12.1 Å². The van der Waals surface area contributed by atoms with Crippen molar-refractivity contribution in [3.63, 3.8) is 0 Å². The molecule has 0 heterocycles. The van der Waals surface area contributed by atoms with Crippen LogP contribution in [0.25, 0.3) is 0 Å². The van der Waals surface area contributed by atoms with Gasteiger partial charge in [0.25, 0.3) is 0 Å². The number of carbonyl (C=O) groups excluding carboxylic acids is 1. The minimum absolute atomic E-state index is 0. The third kappa shape index (κ3) is 22.6. The summed E-state index contributed by atoms with van der Waals surface area (Å²) in [6.07, 6.45) is 2.56. The number of carboxylic acids is 1. The fourth-order valence-corrected chi connectivity index (χ4v) is 0.256. The first kappa shape index (κ1) is 19.2. The van der Waals surface area contributed by atoms with Crippen LogP contribution in [0.1, 0.15) is 26.7 Å². The molecule has 0 saturated heterocycles. The Kier molecular flexibility index (Phi) is 20.8. The molecule has 0 radical (unpaired) electrons. The summed E-state index contributed by atoms with van der Waals surface area (Å²) >= 11 is 0. The Morgan fingerprint density at radius 1 is 1.71 bits per heavy atom. The molecule has 0 rings (SSSR count). The molecule has 0 aliphatic rings. The van der Waals surface area contributed by atoms with E-state index < -0.39 is 12.1 Å². The molecular formula is C8H16AgNO4. The fourth-order valence-electron chi connectivity index (χ4n) is 0.256. The van der Waals surface area contributed by atoms with Crippen LogP contribution in [0.4, 0.5) is 0 Å². The molecule has 5 nitrogen and oxygen atoms in total. The molecule has 0 aromatic carbocycles. The number of hydrogen-bond donors (Lipinski definition) is 1. The fraction of sp³-hybridized carbons (Fsp3) is 0.750. The van der Waals surface area contributed by atoms with Crippen LogP contribution in [0.2, 0.25) is 0 Å². The van der Waals surface area contributed by atoms with E-state index in [1.807, 2.05) is 0 Å². The van der Waals surface area contributed by atoms with Gasteiger partial charge in [0.15, 0.2) is 0 Å². The van der Waals surface area contributed by atoms with Crippen LogP contribution in [0.5, 0.6) is 0 Å². The molecule has 1 atom stereocenters. The second kappa shape index (κ2) is 15.1. The van der Waals surface area contributed by atoms with E-state index in [0.717, 1.165) is 19.8 Å². The van der Waals surface area contributed by atoms with Gasteiger partial charge in [-0.1, -0.05) is 18.5 Å². The molecule has 0 spiro atoms. The van der Waals surface area contributed by atoms with E-state index in [4.69, 9.17) is 5.11 Å². The van der Waals surface area contributed by atoms with Gasteiger partial charge in [-0.15, -0.1) is 0 Å². The molecule has 0 bridgehead atoms. The molecular weight excluding hydrogens is 282 g/mol. The van der Waals surface area contributed by atoms with Crippen molar-refractivity contribution >= 4 is 12.2 Å². The number of rotatable bonds is 4. The van der Waals surface area contributed by atoms with E-state index in [0.29, 0.717) is 0 Å². The molecule has 0 amide bonds. The van der Waals surface area contributed by atoms with Crippen LogP contribution in [-0.4, -0.2) is 30.5 Å². The first-order valence-corrected chi connectivity index (χ1v) is 4.00. The van der Waals surface area contributed by atoms with Gasteiger partial charge in [-0.25, -0.2) is 0 Å². The Morgan fingerprint density at radius 2 is 2.14 bits per heavy atom. The van der Waals surface area contributed by atoms with Gasteiger partial charge in [0, 0.05) is 6.21 Å². The Hall–Kier alpha value is -0.360. The van der Waals surface area contributed by atoms with Gasteiger partial charge in [0.1, 0.15) is 7.11 Å². The SMILES string of the molecule is CC(O)C(=O)[O-].CCC/C=N/OC.[Ag+]. The molecule has 0 aliphatic carbocycles. The number of carbonyl (C=O) groups is 1. The van der Waals surface area contributed by atoms with Gasteiger partial charge in [0.2, 0.25) is 0 Å². The van der Waals surface area contributed by atoms with Gasteiger partial charge in [-0.3, -0.25) is 0 Å². The zero-order valence-electron chi connectivity index (χ0n) is 8.49. The van der Waals surface area contributed by atoms with Crippen LogP contribution < -0.4 is 5.11 Å². The third-order valence-electron chi connectivity index (χ3n) is 0.939. The zero-order valence-corrected chi connectivity index (χ0v) is 9.97. The largest absolute Gasteiger partial charge is 1.00 e. The molecule has 1 N–H and O–H groups in total. The van der Waals surface area contributed by atoms with Gasteiger partial charge < -0.3 is 19.8 Å². The Morgan fingerprint density at radius 3 is 2.36 bits per heavy atom. The number of aliphatic hydroxyl groups excluding tert-OH is 1. The van der Waals surface area contributed by atoms with Gasteiger partial charge >= 0.3 is 22.4 Å². The van der Waals surface area contributed by atoms with Crippen molar-refractivity contribution in [2.24, 2.45) is 5.16 Å². The van der Waals surface area contributed by atoms with Crippen molar-refractivity contribution in [2.45, 2.75) is 32.8 Å². The van der Waals surface area contributed by atoms with Crippen LogP contribution in [0.15, 0.2) is 5.16 Å². The predicted octanol–water partition coefficient (Wildman–Crippen LogP) is -0.467. The molecule has 0 aliphatic heterocycles. The second-order valence-corrected chi connectivity index (χ2v) is 2.25. The summed E-state index contributed by atoms with van der Waals surface area (Å²) in [4.78, 5) is 13.8. The van der Waals surface area contributed by atoms with E-state index in [1.54, 1.807) is 13.3 Å². The van der Waals surface area contributed by atoms with Crippen molar-refractivity contribution in [3.8, 4) is 0 Å². The monoisotopic (exact) mass is 297 g/mol. The van der Waals surface area contributed by atoms with Crippen molar-refractivity contribution in [2.75, 3.05) is 7.11 Å². The van der Waals surface area contributed by atoms with Crippen LogP contribution in [0.3, 0.4) is 0 Å². The van der Waals surface area contributed by atoms with Crippen LogP contribution >= 0.6 is 0 Å². The van der Waals surface area contributed by atoms with Crippen LogP contribution in [-0.2, 0) is 32.0 Å². The minimum Gasteiger partial charge on any atom is -0.547 e. The summed E-state index contributed by atoms with van der Waals surface area (Å²) in [5.41, 5.74) is 0. The van der Waals surface area contributed by atoms with Gasteiger partial charge in [-0.2, -0.15) is 0 Å². The Balaban J connectivity index is -0.000000163. The van der Waals surface area contributed by atoms with E-state index in [9.17, 15) is 9.90 Å². The quantitative estimate of drug-likeness (QED) is 0.432. The summed E-state index contributed by atoms with van der Waals surface area (Å²) < 4.78 is 0. The van der Waals surface area contributed by atoms with Crippen molar-refractivity contribution in [3.05, 3.63) is 0 Å². The maximum Gasteiger partial charge on any atom is 1.00 e. The maximum atomic E-state index is 9.34. The molecule has 6 heteroatoms. The number of unbranched alkanes of at least 4 members (excludes halogenated alkanes) is 1. The van der Waals surface area contributed by atoms with Crippen molar-refractivity contribution < 1.29 is 42.2 Å². The van der Waals surface area contributed by atoms with E-state index in [2.05, 4.69) is 16.9 Å². The number of aliphatic hydroxyl groups is 1. The predicted molar refractivity (Wildman–Crippen MR) is 47.1 cm³/mol. The van der Waals surface area contributed by atoms with E-state index >= 15 is 0 Å². The number of aliphatic carboxylic acids is 1. The molecule has 1 unspecified atom stereocenters. The second-order valence-electron chi connectivity index (χ2n) is 2.25. The standard InChI is InChI=1S/C5H11NO.C3H6O3.Ag/c1-3-4-5-6-7-2;1-2(4)3(5)6;/h5H,3-4H2,1-2H3;2,4H,1H3,(H,5,6);/q;;+1/p-1/b6-5+;;. The van der Waals surface area contributed by atoms with Crippen molar-refractivity contribution in [1.82, 2.24) is 0 Å². The Labute approximate surface area is 99.6 Å². The molecule has 0 saturated carbocycles.